The number of anilines is 4. The summed E-state index contributed by atoms with van der Waals surface area (Å²) >= 11 is 6.16. The molecule has 3 aromatic carbocycles. The van der Waals surface area contributed by atoms with Crippen LogP contribution in [0.2, 0.25) is 5.02 Å². The quantitative estimate of drug-likeness (QED) is 0.145. The van der Waals surface area contributed by atoms with Crippen molar-refractivity contribution in [3.63, 3.8) is 0 Å². The lowest BCUT2D eigenvalue weighted by Gasteiger charge is -2.11. The smallest absolute Gasteiger partial charge is 0.296 e. The summed E-state index contributed by atoms with van der Waals surface area (Å²) in [4.78, 5) is 8.40. The van der Waals surface area contributed by atoms with Crippen molar-refractivity contribution in [2.24, 2.45) is 0 Å². The Kier molecular flexibility index (Phi) is 8.10. The van der Waals surface area contributed by atoms with Crippen molar-refractivity contribution < 1.29 is 21.7 Å². The van der Waals surface area contributed by atoms with E-state index in [1.807, 2.05) is 18.2 Å². The van der Waals surface area contributed by atoms with E-state index in [1.54, 1.807) is 47.3 Å². The Labute approximate surface area is 234 Å². The molecule has 2 N–H and O–H groups in total. The normalized spacial score (nSPS) is 11.5. The van der Waals surface area contributed by atoms with Crippen molar-refractivity contribution in [3.8, 4) is 5.75 Å². The molecule has 0 saturated heterocycles. The molecule has 0 bridgehead atoms. The monoisotopic (exact) mass is 582 g/mol. The molecule has 0 amide bonds. The molecule has 0 radical (unpaired) electrons. The van der Waals surface area contributed by atoms with Crippen LogP contribution in [0, 0.1) is 5.82 Å². The van der Waals surface area contributed by atoms with E-state index in [0.29, 0.717) is 35.1 Å². The van der Waals surface area contributed by atoms with Crippen molar-refractivity contribution in [3.05, 3.63) is 90.0 Å². The second-order valence-corrected chi connectivity index (χ2v) is 10.6. The van der Waals surface area contributed by atoms with Gasteiger partial charge in [-0.3, -0.25) is 8.86 Å². The van der Waals surface area contributed by atoms with E-state index >= 15 is 0 Å². The molecule has 0 fully saturated rings. The zero-order valence-electron chi connectivity index (χ0n) is 21.2. The highest BCUT2D eigenvalue weighted by Gasteiger charge is 2.14. The van der Waals surface area contributed by atoms with Gasteiger partial charge in [-0.1, -0.05) is 29.8 Å². The number of ether oxygens (including phenoxy) is 1. The lowest BCUT2D eigenvalue weighted by Crippen LogP contribution is -2.10. The standard InChI is InChI=1S/C27H24ClFN6O4S/c1-38-25-11-9-20(15-22(25)28)32-26-23(29)17-30-27(34-26)33-19-8-10-24-18(14-19)16-31-35(24)12-5-13-39-40(36,37)21-6-3-2-4-7-21/h2-4,6-11,14-17H,5,12-13H2,1H3,(H2,30,32,33,34). The average Bonchev–Trinajstić information content (AvgIpc) is 3.35. The summed E-state index contributed by atoms with van der Waals surface area (Å²) in [6.07, 6.45) is 3.22. The molecule has 0 saturated carbocycles. The van der Waals surface area contributed by atoms with Crippen LogP contribution in [0.15, 0.2) is 84.0 Å². The predicted molar refractivity (Wildman–Crippen MR) is 150 cm³/mol. The first-order valence-corrected chi connectivity index (χ1v) is 13.9. The fourth-order valence-electron chi connectivity index (χ4n) is 3.91. The van der Waals surface area contributed by atoms with Crippen molar-refractivity contribution >= 4 is 55.8 Å². The van der Waals surface area contributed by atoms with Gasteiger partial charge in [-0.05, 0) is 55.0 Å². The molecule has 5 aromatic rings. The average molecular weight is 583 g/mol. The third kappa shape index (κ3) is 6.30. The van der Waals surface area contributed by atoms with Gasteiger partial charge < -0.3 is 15.4 Å². The SMILES string of the molecule is COc1ccc(Nc2nc(Nc3ccc4c(cnn4CCCOS(=O)(=O)c4ccccc4)c3)ncc2F)cc1Cl. The van der Waals surface area contributed by atoms with Gasteiger partial charge in [0.1, 0.15) is 5.75 Å². The van der Waals surface area contributed by atoms with Crippen LogP contribution in [-0.4, -0.2) is 41.9 Å². The van der Waals surface area contributed by atoms with Gasteiger partial charge in [0.05, 0.1) is 41.5 Å². The van der Waals surface area contributed by atoms with Gasteiger partial charge in [0.15, 0.2) is 11.6 Å². The Morgan fingerprint density at radius 1 is 1.00 bits per heavy atom. The summed E-state index contributed by atoms with van der Waals surface area (Å²) in [5.41, 5.74) is 2.07. The molecule has 40 heavy (non-hydrogen) atoms. The molecule has 0 unspecified atom stereocenters. The maximum Gasteiger partial charge on any atom is 0.296 e. The highest BCUT2D eigenvalue weighted by atomic mass is 35.5. The van der Waals surface area contributed by atoms with E-state index in [-0.39, 0.29) is 23.3 Å². The summed E-state index contributed by atoms with van der Waals surface area (Å²) in [7, 11) is -2.29. The lowest BCUT2D eigenvalue weighted by molar-refractivity contribution is 0.302. The number of hydrogen-bond acceptors (Lipinski definition) is 9. The second-order valence-electron chi connectivity index (χ2n) is 8.57. The number of aromatic nitrogens is 4. The highest BCUT2D eigenvalue weighted by molar-refractivity contribution is 7.86. The maximum absolute atomic E-state index is 14.4. The first-order valence-electron chi connectivity index (χ1n) is 12.1. The molecule has 2 heterocycles. The van der Waals surface area contributed by atoms with E-state index in [0.717, 1.165) is 17.1 Å². The van der Waals surface area contributed by atoms with Gasteiger partial charge in [-0.25, -0.2) is 9.37 Å². The van der Waals surface area contributed by atoms with Crippen LogP contribution in [0.1, 0.15) is 6.42 Å². The van der Waals surface area contributed by atoms with Crippen molar-refractivity contribution in [1.29, 1.82) is 0 Å². The van der Waals surface area contributed by atoms with Crippen LogP contribution < -0.4 is 15.4 Å². The summed E-state index contributed by atoms with van der Waals surface area (Å²) in [6, 6.07) is 18.5. The van der Waals surface area contributed by atoms with Gasteiger partial charge in [0.2, 0.25) is 5.95 Å². The molecule has 206 valence electrons. The van der Waals surface area contributed by atoms with Crippen LogP contribution >= 0.6 is 11.6 Å². The topological polar surface area (TPSA) is 120 Å². The van der Waals surface area contributed by atoms with Crippen molar-refractivity contribution in [1.82, 2.24) is 19.7 Å². The number of rotatable bonds is 11. The highest BCUT2D eigenvalue weighted by Crippen LogP contribution is 2.29. The van der Waals surface area contributed by atoms with E-state index in [2.05, 4.69) is 25.7 Å². The molecular formula is C27H24ClFN6O4S. The fraction of sp³-hybridized carbons (Fsp3) is 0.148. The number of aryl methyl sites for hydroxylation is 1. The number of benzene rings is 3. The number of halogens is 2. The number of nitrogens with one attached hydrogen (secondary N) is 2. The Hall–Kier alpha value is -4.26. The molecule has 10 nitrogen and oxygen atoms in total. The van der Waals surface area contributed by atoms with Crippen molar-refractivity contribution in [2.75, 3.05) is 24.4 Å². The molecule has 2 aromatic heterocycles. The number of nitrogens with zero attached hydrogens (tertiary/aromatic N) is 4. The summed E-state index contributed by atoms with van der Waals surface area (Å²) in [5.74, 6) is 0.0340. The molecule has 0 aliphatic carbocycles. The van der Waals surface area contributed by atoms with Gasteiger partial charge in [-0.2, -0.15) is 18.5 Å². The molecule has 5 rings (SSSR count). The third-order valence-corrected chi connectivity index (χ3v) is 7.46. The summed E-state index contributed by atoms with van der Waals surface area (Å²) < 4.78 is 51.0. The minimum absolute atomic E-state index is 0.0240. The molecule has 0 aliphatic rings. The first-order chi connectivity index (χ1) is 19.3. The number of fused-ring (bicyclic) bond motifs is 1. The van der Waals surface area contributed by atoms with Crippen molar-refractivity contribution in [2.45, 2.75) is 17.9 Å². The Bertz CT molecular complexity index is 1750. The largest absolute Gasteiger partial charge is 0.495 e. The van der Waals surface area contributed by atoms with Crippen LogP contribution in [0.5, 0.6) is 5.75 Å². The maximum atomic E-state index is 14.4. The van der Waals surface area contributed by atoms with Crippen LogP contribution in [0.25, 0.3) is 10.9 Å². The van der Waals surface area contributed by atoms with Gasteiger partial charge >= 0.3 is 0 Å². The Morgan fingerprint density at radius 2 is 1.77 bits per heavy atom. The zero-order chi connectivity index (χ0) is 28.1. The molecule has 0 spiro atoms. The number of methoxy groups -OCH3 is 1. The minimum atomic E-state index is -3.80. The van der Waals surface area contributed by atoms with Crippen LogP contribution in [-0.2, 0) is 20.8 Å². The first kappa shape index (κ1) is 27.3. The van der Waals surface area contributed by atoms with Gasteiger partial charge in [0.25, 0.3) is 10.1 Å². The Balaban J connectivity index is 1.22. The van der Waals surface area contributed by atoms with Crippen LogP contribution in [0.4, 0.5) is 27.5 Å². The second kappa shape index (κ2) is 11.9. The molecular weight excluding hydrogens is 559 g/mol. The van der Waals surface area contributed by atoms with Gasteiger partial charge in [-0.15, -0.1) is 0 Å². The van der Waals surface area contributed by atoms with E-state index < -0.39 is 15.9 Å². The van der Waals surface area contributed by atoms with Crippen LogP contribution in [0.3, 0.4) is 0 Å². The van der Waals surface area contributed by atoms with E-state index in [4.69, 9.17) is 20.5 Å². The third-order valence-electron chi connectivity index (χ3n) is 5.84. The molecule has 0 atom stereocenters. The molecule has 0 aliphatic heterocycles. The molecule has 13 heteroatoms. The predicted octanol–water partition coefficient (Wildman–Crippen LogP) is 5.91. The van der Waals surface area contributed by atoms with E-state index in [9.17, 15) is 12.8 Å². The zero-order valence-corrected chi connectivity index (χ0v) is 22.8. The van der Waals surface area contributed by atoms with E-state index in [1.165, 1.54) is 19.2 Å². The Morgan fingerprint density at radius 3 is 2.55 bits per heavy atom. The van der Waals surface area contributed by atoms with Gasteiger partial charge in [0, 0.05) is 23.3 Å². The minimum Gasteiger partial charge on any atom is -0.495 e. The summed E-state index contributed by atoms with van der Waals surface area (Å²) in [6.45, 7) is 0.491. The lowest BCUT2D eigenvalue weighted by atomic mass is 10.2. The summed E-state index contributed by atoms with van der Waals surface area (Å²) in [5, 5.41) is 11.6. The number of hydrogen-bond donors (Lipinski definition) is 2. The fourth-order valence-corrected chi connectivity index (χ4v) is 5.13.